The molecule has 2 aliphatic rings. The number of hydrogen-bond donors (Lipinski definition) is 2. The summed E-state index contributed by atoms with van der Waals surface area (Å²) in [7, 11) is 1.58. The van der Waals surface area contributed by atoms with Crippen molar-refractivity contribution in [1.29, 1.82) is 0 Å². The van der Waals surface area contributed by atoms with Crippen LogP contribution in [-0.2, 0) is 4.74 Å². The van der Waals surface area contributed by atoms with Crippen molar-refractivity contribution in [3.8, 4) is 17.2 Å². The molecule has 0 radical (unpaired) electrons. The molecule has 1 aromatic rings. The van der Waals surface area contributed by atoms with Crippen molar-refractivity contribution < 1.29 is 18.9 Å². The van der Waals surface area contributed by atoms with E-state index in [1.54, 1.807) is 13.3 Å². The van der Waals surface area contributed by atoms with Crippen LogP contribution in [-0.4, -0.2) is 44.5 Å². The number of nitrogens with zero attached hydrogens (tertiary/aromatic N) is 1. The van der Waals surface area contributed by atoms with Crippen molar-refractivity contribution in [2.45, 2.75) is 18.9 Å². The normalized spacial score (nSPS) is 19.1. The molecule has 7 nitrogen and oxygen atoms in total. The lowest BCUT2D eigenvalue weighted by molar-refractivity contribution is 0.114. The van der Waals surface area contributed by atoms with E-state index in [-0.39, 0.29) is 12.9 Å². The highest BCUT2D eigenvalue weighted by molar-refractivity contribution is 7.80. The molecular weight excluding hydrogens is 318 g/mol. The Morgan fingerprint density at radius 3 is 3.17 bits per heavy atom. The number of ether oxygens (including phenoxy) is 4. The maximum absolute atomic E-state index is 5.52. The maximum Gasteiger partial charge on any atom is 0.231 e. The minimum absolute atomic E-state index is 0.196. The van der Waals surface area contributed by atoms with E-state index in [0.29, 0.717) is 28.9 Å². The molecule has 2 aliphatic heterocycles. The Morgan fingerprint density at radius 2 is 2.39 bits per heavy atom. The van der Waals surface area contributed by atoms with E-state index < -0.39 is 0 Å². The van der Waals surface area contributed by atoms with Crippen molar-refractivity contribution in [2.24, 2.45) is 5.10 Å². The molecule has 124 valence electrons. The molecule has 0 aliphatic carbocycles. The third kappa shape index (κ3) is 4.02. The van der Waals surface area contributed by atoms with Crippen LogP contribution in [0.2, 0.25) is 0 Å². The second-order valence-corrected chi connectivity index (χ2v) is 5.58. The Hall–Kier alpha value is -2.06. The Kier molecular flexibility index (Phi) is 5.14. The van der Waals surface area contributed by atoms with Crippen molar-refractivity contribution in [2.75, 3.05) is 27.1 Å². The van der Waals surface area contributed by atoms with Gasteiger partial charge in [0.1, 0.15) is 0 Å². The van der Waals surface area contributed by atoms with E-state index in [1.165, 1.54) is 0 Å². The van der Waals surface area contributed by atoms with Gasteiger partial charge in [-0.05, 0) is 37.2 Å². The van der Waals surface area contributed by atoms with Crippen LogP contribution in [0, 0.1) is 0 Å². The second kappa shape index (κ2) is 7.47. The Labute approximate surface area is 139 Å². The summed E-state index contributed by atoms with van der Waals surface area (Å²) in [6.07, 6.45) is 4.05. The highest BCUT2D eigenvalue weighted by Crippen LogP contribution is 2.41. The number of fused-ring (bicyclic) bond motifs is 1. The van der Waals surface area contributed by atoms with E-state index in [0.717, 1.165) is 25.0 Å². The van der Waals surface area contributed by atoms with E-state index in [4.69, 9.17) is 31.2 Å². The van der Waals surface area contributed by atoms with Crippen molar-refractivity contribution in [3.63, 3.8) is 0 Å². The molecule has 23 heavy (non-hydrogen) atoms. The molecule has 0 amide bonds. The standard InChI is InChI=1S/C15H19N3O4S/c1-19-12-5-10(6-13-14(12)22-9-21-13)7-17-18-15(23)16-8-11-3-2-4-20-11/h5-7,11H,2-4,8-9H2,1H3,(H2,16,18,23)/b17-7-/t11-/m0/s1. The van der Waals surface area contributed by atoms with Crippen molar-refractivity contribution >= 4 is 23.5 Å². The molecule has 2 heterocycles. The first-order chi connectivity index (χ1) is 11.3. The highest BCUT2D eigenvalue weighted by atomic mass is 32.1. The van der Waals surface area contributed by atoms with Crippen LogP contribution in [0.15, 0.2) is 17.2 Å². The first kappa shape index (κ1) is 15.8. The van der Waals surface area contributed by atoms with Crippen LogP contribution >= 0.6 is 12.2 Å². The van der Waals surface area contributed by atoms with Gasteiger partial charge in [-0.1, -0.05) is 0 Å². The van der Waals surface area contributed by atoms with E-state index >= 15 is 0 Å². The van der Waals surface area contributed by atoms with Crippen LogP contribution in [0.1, 0.15) is 18.4 Å². The van der Waals surface area contributed by atoms with E-state index in [9.17, 15) is 0 Å². The summed E-state index contributed by atoms with van der Waals surface area (Å²) in [4.78, 5) is 0. The maximum atomic E-state index is 5.52. The molecule has 1 aromatic carbocycles. The summed E-state index contributed by atoms with van der Waals surface area (Å²) in [6.45, 7) is 1.72. The number of methoxy groups -OCH3 is 1. The lowest BCUT2D eigenvalue weighted by Crippen LogP contribution is -2.37. The number of thiocarbonyl (C=S) groups is 1. The first-order valence-corrected chi connectivity index (χ1v) is 7.83. The molecular formula is C15H19N3O4S. The molecule has 0 unspecified atom stereocenters. The first-order valence-electron chi connectivity index (χ1n) is 7.42. The molecule has 2 N–H and O–H groups in total. The van der Waals surface area contributed by atoms with Crippen LogP contribution in [0.3, 0.4) is 0 Å². The fraction of sp³-hybridized carbons (Fsp3) is 0.467. The predicted octanol–water partition coefficient (Wildman–Crippen LogP) is 1.40. The zero-order valence-corrected chi connectivity index (χ0v) is 13.6. The molecule has 0 aromatic heterocycles. The lowest BCUT2D eigenvalue weighted by atomic mass is 10.2. The second-order valence-electron chi connectivity index (χ2n) is 5.17. The molecule has 1 saturated heterocycles. The minimum atomic E-state index is 0.196. The smallest absolute Gasteiger partial charge is 0.231 e. The minimum Gasteiger partial charge on any atom is -0.493 e. The van der Waals surface area contributed by atoms with Gasteiger partial charge in [-0.15, -0.1) is 0 Å². The van der Waals surface area contributed by atoms with Crippen LogP contribution in [0.25, 0.3) is 0 Å². The Morgan fingerprint density at radius 1 is 1.48 bits per heavy atom. The molecule has 3 rings (SSSR count). The zero-order chi connectivity index (χ0) is 16.1. The quantitative estimate of drug-likeness (QED) is 0.478. The highest BCUT2D eigenvalue weighted by Gasteiger charge is 2.19. The van der Waals surface area contributed by atoms with Gasteiger partial charge >= 0.3 is 0 Å². The monoisotopic (exact) mass is 337 g/mol. The fourth-order valence-electron chi connectivity index (χ4n) is 2.44. The molecule has 8 heteroatoms. The Balaban J connectivity index is 1.52. The van der Waals surface area contributed by atoms with Crippen LogP contribution in [0.5, 0.6) is 17.2 Å². The van der Waals surface area contributed by atoms with Gasteiger partial charge in [0.05, 0.1) is 19.4 Å². The van der Waals surface area contributed by atoms with Crippen LogP contribution < -0.4 is 25.0 Å². The van der Waals surface area contributed by atoms with Gasteiger partial charge in [0.25, 0.3) is 0 Å². The van der Waals surface area contributed by atoms with Gasteiger partial charge in [-0.25, -0.2) is 0 Å². The lowest BCUT2D eigenvalue weighted by Gasteiger charge is -2.11. The average molecular weight is 337 g/mol. The zero-order valence-electron chi connectivity index (χ0n) is 12.8. The van der Waals surface area contributed by atoms with Gasteiger partial charge in [0.15, 0.2) is 16.6 Å². The Bertz CT molecular complexity index is 603. The van der Waals surface area contributed by atoms with E-state index in [2.05, 4.69) is 15.8 Å². The molecule has 0 spiro atoms. The van der Waals surface area contributed by atoms with Gasteiger partial charge < -0.3 is 24.3 Å². The molecule has 1 atom stereocenters. The largest absolute Gasteiger partial charge is 0.493 e. The number of rotatable bonds is 5. The van der Waals surface area contributed by atoms with Gasteiger partial charge in [0, 0.05) is 18.7 Å². The summed E-state index contributed by atoms with van der Waals surface area (Å²) in [6, 6.07) is 3.65. The van der Waals surface area contributed by atoms with Crippen LogP contribution in [0.4, 0.5) is 0 Å². The summed E-state index contributed by atoms with van der Waals surface area (Å²) in [5, 5.41) is 7.67. The molecule has 1 fully saturated rings. The number of hydrazone groups is 1. The number of benzene rings is 1. The molecule has 0 saturated carbocycles. The third-order valence-corrected chi connectivity index (χ3v) is 3.81. The fourth-order valence-corrected chi connectivity index (χ4v) is 2.58. The van der Waals surface area contributed by atoms with Gasteiger partial charge in [-0.3, -0.25) is 5.43 Å². The van der Waals surface area contributed by atoms with Gasteiger partial charge in [0.2, 0.25) is 12.5 Å². The SMILES string of the molecule is COc1cc(/C=N\NC(=S)NC[C@@H]2CCCO2)cc2c1OCO2. The summed E-state index contributed by atoms with van der Waals surface area (Å²) < 4.78 is 21.5. The number of hydrogen-bond acceptors (Lipinski definition) is 6. The predicted molar refractivity (Wildman–Crippen MR) is 89.4 cm³/mol. The molecule has 0 bridgehead atoms. The summed E-state index contributed by atoms with van der Waals surface area (Å²) in [5.74, 6) is 1.87. The van der Waals surface area contributed by atoms with Crippen molar-refractivity contribution in [3.05, 3.63) is 17.7 Å². The average Bonchev–Trinajstić information content (AvgIpc) is 3.23. The summed E-state index contributed by atoms with van der Waals surface area (Å²) in [5.41, 5.74) is 3.60. The van der Waals surface area contributed by atoms with E-state index in [1.807, 2.05) is 12.1 Å². The van der Waals surface area contributed by atoms with Crippen molar-refractivity contribution in [1.82, 2.24) is 10.7 Å². The van der Waals surface area contributed by atoms with Gasteiger partial charge in [-0.2, -0.15) is 5.10 Å². The topological polar surface area (TPSA) is 73.3 Å². The number of nitrogens with one attached hydrogen (secondary N) is 2. The summed E-state index contributed by atoms with van der Waals surface area (Å²) >= 11 is 5.17. The third-order valence-electron chi connectivity index (χ3n) is 3.57.